The highest BCUT2D eigenvalue weighted by atomic mass is 19.2. The summed E-state index contributed by atoms with van der Waals surface area (Å²) < 4.78 is 78.2. The fraction of sp³-hybridized carbons (Fsp3) is 0.167. The van der Waals surface area contributed by atoms with E-state index in [0.29, 0.717) is 18.6 Å². The van der Waals surface area contributed by atoms with Gasteiger partial charge in [-0.3, -0.25) is 0 Å². The van der Waals surface area contributed by atoms with Gasteiger partial charge in [-0.15, -0.1) is 0 Å². The maximum absolute atomic E-state index is 14.7. The smallest absolute Gasteiger partial charge is 0.170 e. The van der Waals surface area contributed by atoms with E-state index in [1.807, 2.05) is 13.0 Å². The second-order valence-electron chi connectivity index (χ2n) is 6.65. The predicted octanol–water partition coefficient (Wildman–Crippen LogP) is 7.54. The molecule has 0 heterocycles. The maximum atomic E-state index is 14.7. The predicted molar refractivity (Wildman–Crippen MR) is 109 cm³/mol. The van der Waals surface area contributed by atoms with Crippen molar-refractivity contribution in [2.45, 2.75) is 19.8 Å². The summed E-state index contributed by atoms with van der Waals surface area (Å²) in [7, 11) is 1.42. The number of allylic oxidation sites excluding steroid dienone is 2. The fourth-order valence-corrected chi connectivity index (χ4v) is 3.16. The average Bonchev–Trinajstić information content (AvgIpc) is 2.76. The lowest BCUT2D eigenvalue weighted by atomic mass is 9.98. The molecule has 0 atom stereocenters. The molecule has 0 amide bonds. The average molecular weight is 418 g/mol. The number of methoxy groups -OCH3 is 1. The van der Waals surface area contributed by atoms with E-state index < -0.39 is 40.1 Å². The molecule has 0 radical (unpaired) electrons. The first-order valence-corrected chi connectivity index (χ1v) is 9.29. The summed E-state index contributed by atoms with van der Waals surface area (Å²) >= 11 is 0. The summed E-state index contributed by atoms with van der Waals surface area (Å²) in [5.74, 6) is -6.61. The molecule has 6 heteroatoms. The van der Waals surface area contributed by atoms with Gasteiger partial charge < -0.3 is 4.74 Å². The van der Waals surface area contributed by atoms with E-state index in [-0.39, 0.29) is 16.5 Å². The van der Waals surface area contributed by atoms with Crippen LogP contribution >= 0.6 is 0 Å². The van der Waals surface area contributed by atoms with Gasteiger partial charge in [0, 0.05) is 5.56 Å². The summed E-state index contributed by atoms with van der Waals surface area (Å²) in [4.78, 5) is 0. The molecular formula is C24H19F5O. The van der Waals surface area contributed by atoms with E-state index in [0.717, 1.165) is 6.07 Å². The third-order valence-corrected chi connectivity index (χ3v) is 4.79. The minimum Gasteiger partial charge on any atom is -0.497 e. The second-order valence-corrected chi connectivity index (χ2v) is 6.65. The molecule has 0 aliphatic carbocycles. The van der Waals surface area contributed by atoms with Gasteiger partial charge in [0.15, 0.2) is 23.3 Å². The third-order valence-electron chi connectivity index (χ3n) is 4.79. The van der Waals surface area contributed by atoms with Gasteiger partial charge in [0.05, 0.1) is 18.1 Å². The molecule has 30 heavy (non-hydrogen) atoms. The lowest BCUT2D eigenvalue weighted by Crippen LogP contribution is -2.00. The van der Waals surface area contributed by atoms with Gasteiger partial charge in [0.2, 0.25) is 0 Å². The molecule has 0 spiro atoms. The van der Waals surface area contributed by atoms with Crippen molar-refractivity contribution in [3.05, 3.63) is 88.8 Å². The van der Waals surface area contributed by atoms with Crippen LogP contribution in [0.4, 0.5) is 22.0 Å². The van der Waals surface area contributed by atoms with Gasteiger partial charge in [-0.1, -0.05) is 24.3 Å². The van der Waals surface area contributed by atoms with Crippen LogP contribution in [-0.2, 0) is 6.42 Å². The zero-order valence-corrected chi connectivity index (χ0v) is 16.4. The number of benzene rings is 3. The van der Waals surface area contributed by atoms with Crippen molar-refractivity contribution in [1.82, 2.24) is 0 Å². The lowest BCUT2D eigenvalue weighted by molar-refractivity contribution is 0.414. The van der Waals surface area contributed by atoms with Crippen LogP contribution in [0.3, 0.4) is 0 Å². The van der Waals surface area contributed by atoms with Crippen LogP contribution < -0.4 is 4.74 Å². The highest BCUT2D eigenvalue weighted by Gasteiger charge is 2.23. The third kappa shape index (κ3) is 4.08. The molecule has 1 nitrogen and oxygen atoms in total. The number of hydrogen-bond donors (Lipinski definition) is 0. The Morgan fingerprint density at radius 3 is 2.23 bits per heavy atom. The molecule has 0 aromatic heterocycles. The van der Waals surface area contributed by atoms with Gasteiger partial charge in [0.1, 0.15) is 11.6 Å². The summed E-state index contributed by atoms with van der Waals surface area (Å²) in [5.41, 5.74) is -0.861. The fourth-order valence-electron chi connectivity index (χ4n) is 3.16. The Balaban J connectivity index is 2.10. The van der Waals surface area contributed by atoms with Crippen LogP contribution in [0.1, 0.15) is 30.0 Å². The molecule has 3 aromatic rings. The van der Waals surface area contributed by atoms with Gasteiger partial charge in [-0.25, -0.2) is 22.0 Å². The van der Waals surface area contributed by atoms with Crippen molar-refractivity contribution >= 4 is 22.4 Å². The number of rotatable bonds is 6. The van der Waals surface area contributed by atoms with Crippen molar-refractivity contribution in [3.63, 3.8) is 0 Å². The van der Waals surface area contributed by atoms with Crippen molar-refractivity contribution in [2.75, 3.05) is 7.11 Å². The molecule has 156 valence electrons. The Morgan fingerprint density at radius 1 is 0.900 bits per heavy atom. The number of aryl methyl sites for hydroxylation is 1. The SMILES string of the molecule is C/C=C/CCc1ccc2cc(C(F)=C(F)c3ccc(OC)cc3)c(F)c(F)c2c1F. The monoisotopic (exact) mass is 418 g/mol. The van der Waals surface area contributed by atoms with Crippen molar-refractivity contribution in [3.8, 4) is 5.75 Å². The van der Waals surface area contributed by atoms with E-state index in [4.69, 9.17) is 4.74 Å². The summed E-state index contributed by atoms with van der Waals surface area (Å²) in [6.07, 6.45) is 4.46. The lowest BCUT2D eigenvalue weighted by Gasteiger charge is -2.11. The van der Waals surface area contributed by atoms with Gasteiger partial charge in [-0.2, -0.15) is 0 Å². The topological polar surface area (TPSA) is 9.23 Å². The maximum Gasteiger partial charge on any atom is 0.170 e. The van der Waals surface area contributed by atoms with Crippen LogP contribution in [0.2, 0.25) is 0 Å². The molecule has 0 fully saturated rings. The summed E-state index contributed by atoms with van der Waals surface area (Å²) in [6.45, 7) is 1.82. The van der Waals surface area contributed by atoms with Crippen molar-refractivity contribution in [1.29, 1.82) is 0 Å². The minimum atomic E-state index is -1.65. The Kier molecular flexibility index (Phi) is 6.55. The largest absolute Gasteiger partial charge is 0.497 e. The van der Waals surface area contributed by atoms with E-state index in [2.05, 4.69) is 0 Å². The number of halogens is 5. The van der Waals surface area contributed by atoms with Crippen LogP contribution in [0, 0.1) is 17.5 Å². The molecular weight excluding hydrogens is 399 g/mol. The van der Waals surface area contributed by atoms with Gasteiger partial charge in [0.25, 0.3) is 0 Å². The highest BCUT2D eigenvalue weighted by Crippen LogP contribution is 2.36. The van der Waals surface area contributed by atoms with Crippen LogP contribution in [0.15, 0.2) is 54.6 Å². The summed E-state index contributed by atoms with van der Waals surface area (Å²) in [5, 5.41) is -0.638. The van der Waals surface area contributed by atoms with E-state index >= 15 is 0 Å². The minimum absolute atomic E-state index is 0.0612. The molecule has 0 unspecified atom stereocenters. The molecule has 0 N–H and O–H groups in total. The van der Waals surface area contributed by atoms with Gasteiger partial charge in [-0.05, 0) is 61.0 Å². The molecule has 0 aliphatic heterocycles. The first-order chi connectivity index (χ1) is 14.4. The quantitative estimate of drug-likeness (QED) is 0.228. The standard InChI is InChI=1S/C24H19F5O/c1-3-4-5-6-14-7-8-16-13-18(23(28)24(29)19(16)20(14)25)22(27)21(26)15-9-11-17(30-2)12-10-15/h3-4,7-13H,5-6H2,1-2H3/b4-3+,22-21?. The highest BCUT2D eigenvalue weighted by molar-refractivity contribution is 5.91. The Morgan fingerprint density at radius 2 is 1.60 bits per heavy atom. The Bertz CT molecular complexity index is 1130. The molecule has 3 aromatic carbocycles. The number of hydrogen-bond acceptors (Lipinski definition) is 1. The zero-order valence-electron chi connectivity index (χ0n) is 16.4. The number of ether oxygens (including phenoxy) is 1. The van der Waals surface area contributed by atoms with Crippen LogP contribution in [0.5, 0.6) is 5.75 Å². The molecule has 3 rings (SSSR count). The Labute approximate surface area is 171 Å². The Hall–Kier alpha value is -3.15. The second kappa shape index (κ2) is 9.11. The van der Waals surface area contributed by atoms with E-state index in [1.54, 1.807) is 6.08 Å². The van der Waals surface area contributed by atoms with Crippen molar-refractivity contribution in [2.24, 2.45) is 0 Å². The molecule has 0 aliphatic rings. The van der Waals surface area contributed by atoms with Crippen LogP contribution in [0.25, 0.3) is 22.4 Å². The normalized spacial score (nSPS) is 12.5. The first kappa shape index (κ1) is 21.6. The first-order valence-electron chi connectivity index (χ1n) is 9.29. The molecule has 0 saturated carbocycles. The molecule has 0 saturated heterocycles. The van der Waals surface area contributed by atoms with Gasteiger partial charge >= 0.3 is 0 Å². The molecule has 0 bridgehead atoms. The van der Waals surface area contributed by atoms with Crippen molar-refractivity contribution < 1.29 is 26.7 Å². The zero-order chi connectivity index (χ0) is 21.8. The van der Waals surface area contributed by atoms with E-state index in [1.165, 1.54) is 43.5 Å². The van der Waals surface area contributed by atoms with Crippen LogP contribution in [-0.4, -0.2) is 7.11 Å². The number of fused-ring (bicyclic) bond motifs is 1. The van der Waals surface area contributed by atoms with E-state index in [9.17, 15) is 22.0 Å². The summed E-state index contributed by atoms with van der Waals surface area (Å²) in [6, 6.07) is 9.02.